The number of methoxy groups -OCH3 is 1. The highest BCUT2D eigenvalue weighted by Gasteiger charge is 2.32. The summed E-state index contributed by atoms with van der Waals surface area (Å²) in [4.78, 5) is 27.1. The molecule has 9 heteroatoms. The molecule has 4 rings (SSSR count). The minimum absolute atomic E-state index is 0.0216. The third-order valence-corrected chi connectivity index (χ3v) is 6.63. The molecule has 8 nitrogen and oxygen atoms in total. The summed E-state index contributed by atoms with van der Waals surface area (Å²) in [5, 5.41) is 8.38. The fraction of sp³-hybridized carbons (Fsp3) is 0.444. The van der Waals surface area contributed by atoms with E-state index in [9.17, 15) is 9.59 Å². The number of thiophene rings is 1. The van der Waals surface area contributed by atoms with Gasteiger partial charge in [-0.1, -0.05) is 13.8 Å². The average Bonchev–Trinajstić information content (AvgIpc) is 3.54. The van der Waals surface area contributed by atoms with Crippen molar-refractivity contribution in [2.24, 2.45) is 5.92 Å². The maximum Gasteiger partial charge on any atom is 0.274 e. The van der Waals surface area contributed by atoms with Gasteiger partial charge in [-0.25, -0.2) is 4.68 Å². The molecule has 3 aromatic rings. The summed E-state index contributed by atoms with van der Waals surface area (Å²) in [6.07, 6.45) is 0.678. The molecule has 192 valence electrons. The van der Waals surface area contributed by atoms with Crippen molar-refractivity contribution in [3.63, 3.8) is 0 Å². The van der Waals surface area contributed by atoms with Crippen molar-refractivity contribution in [2.45, 2.75) is 40.2 Å². The Labute approximate surface area is 224 Å². The summed E-state index contributed by atoms with van der Waals surface area (Å²) < 4.78 is 60.3. The Bertz CT molecular complexity index is 1450. The van der Waals surface area contributed by atoms with Crippen LogP contribution in [0.4, 0.5) is 0 Å². The first-order valence-electron chi connectivity index (χ1n) is 14.7. The molecule has 0 bridgehead atoms. The maximum absolute atomic E-state index is 13.9. The van der Waals surface area contributed by atoms with E-state index < -0.39 is 25.8 Å². The Balaban J connectivity index is 1.78. The summed E-state index contributed by atoms with van der Waals surface area (Å²) in [5.41, 5.74) is 3.38. The van der Waals surface area contributed by atoms with Gasteiger partial charge in [-0.15, -0.1) is 0 Å². The summed E-state index contributed by atoms with van der Waals surface area (Å²) in [7, 11) is 1.60. The van der Waals surface area contributed by atoms with E-state index in [-0.39, 0.29) is 31.8 Å². The van der Waals surface area contributed by atoms with Crippen LogP contribution in [0, 0.1) is 5.92 Å². The molecule has 2 amide bonds. The first-order chi connectivity index (χ1) is 19.6. The first kappa shape index (κ1) is 18.9. The fourth-order valence-corrected chi connectivity index (χ4v) is 4.84. The third kappa shape index (κ3) is 5.11. The van der Waals surface area contributed by atoms with E-state index in [1.807, 2.05) is 29.0 Å². The SMILES string of the molecule is [2H]C([2H])([2H])N(CCCN(C(=O)c1nn(-c2ccsc2)c2c1COc1cc(OC)c(CC(C)C)cc1-2)C([2H])([2H])[2H])C(C)=O. The Kier molecular flexibility index (Phi) is 5.63. The van der Waals surface area contributed by atoms with Crippen LogP contribution in [0.3, 0.4) is 0 Å². The number of carbonyl (C=O) groups excluding carboxylic acids is 2. The minimum atomic E-state index is -2.84. The predicted octanol–water partition coefficient (Wildman–Crippen LogP) is 4.64. The molecule has 0 radical (unpaired) electrons. The van der Waals surface area contributed by atoms with Gasteiger partial charge < -0.3 is 19.3 Å². The van der Waals surface area contributed by atoms with E-state index >= 15 is 0 Å². The lowest BCUT2D eigenvalue weighted by atomic mass is 9.95. The third-order valence-electron chi connectivity index (χ3n) is 5.96. The molecule has 36 heavy (non-hydrogen) atoms. The van der Waals surface area contributed by atoms with E-state index in [1.165, 1.54) is 11.3 Å². The van der Waals surface area contributed by atoms with Crippen LogP contribution >= 0.6 is 11.3 Å². The number of nitrogens with zero attached hydrogens (tertiary/aromatic N) is 4. The quantitative estimate of drug-likeness (QED) is 0.414. The molecular weight excluding hydrogens is 476 g/mol. The molecule has 0 spiro atoms. The molecule has 1 aliphatic rings. The number of rotatable bonds is 9. The van der Waals surface area contributed by atoms with Gasteiger partial charge in [-0.05, 0) is 41.8 Å². The van der Waals surface area contributed by atoms with Crippen LogP contribution in [-0.2, 0) is 17.8 Å². The normalized spacial score (nSPS) is 15.2. The van der Waals surface area contributed by atoms with Gasteiger partial charge in [0.15, 0.2) is 5.69 Å². The lowest BCUT2D eigenvalue weighted by Crippen LogP contribution is -2.32. The summed E-state index contributed by atoms with van der Waals surface area (Å²) in [5.74, 6) is 0.0796. The first-order valence-corrected chi connectivity index (χ1v) is 12.7. The zero-order valence-corrected chi connectivity index (χ0v) is 21.6. The molecule has 1 aromatic carbocycles. The largest absolute Gasteiger partial charge is 0.496 e. The Morgan fingerprint density at radius 3 is 2.69 bits per heavy atom. The van der Waals surface area contributed by atoms with E-state index in [4.69, 9.17) is 17.7 Å². The monoisotopic (exact) mass is 516 g/mol. The molecule has 0 N–H and O–H groups in total. The number of carbonyl (C=O) groups is 2. The molecule has 0 saturated carbocycles. The predicted molar refractivity (Wildman–Crippen MR) is 141 cm³/mol. The van der Waals surface area contributed by atoms with Crippen molar-refractivity contribution < 1.29 is 27.3 Å². The molecule has 0 unspecified atom stereocenters. The molecule has 3 heterocycles. The highest BCUT2D eigenvalue weighted by atomic mass is 32.1. The zero-order chi connectivity index (χ0) is 31.0. The van der Waals surface area contributed by atoms with Crippen LogP contribution in [0.2, 0.25) is 0 Å². The minimum Gasteiger partial charge on any atom is -0.496 e. The maximum atomic E-state index is 13.9. The molecule has 0 fully saturated rings. The van der Waals surface area contributed by atoms with E-state index in [0.717, 1.165) is 18.9 Å². The van der Waals surface area contributed by atoms with Crippen molar-refractivity contribution in [3.05, 3.63) is 45.8 Å². The van der Waals surface area contributed by atoms with Crippen molar-refractivity contribution in [2.75, 3.05) is 34.2 Å². The van der Waals surface area contributed by atoms with Gasteiger partial charge in [0.1, 0.15) is 18.1 Å². The van der Waals surface area contributed by atoms with Gasteiger partial charge in [0.25, 0.3) is 5.91 Å². The molecule has 1 aliphatic heterocycles. The van der Waals surface area contributed by atoms with Crippen molar-refractivity contribution >= 4 is 23.2 Å². The van der Waals surface area contributed by atoms with Gasteiger partial charge in [0.05, 0.1) is 18.5 Å². The lowest BCUT2D eigenvalue weighted by molar-refractivity contribution is -0.127. The summed E-state index contributed by atoms with van der Waals surface area (Å²) in [6.45, 7) is -0.779. The molecular formula is C27H34N4O4S. The zero-order valence-electron chi connectivity index (χ0n) is 26.8. The second-order valence-corrected chi connectivity index (χ2v) is 9.88. The molecule has 0 atom stereocenters. The molecule has 0 saturated heterocycles. The molecule has 2 aromatic heterocycles. The van der Waals surface area contributed by atoms with Gasteiger partial charge in [-0.2, -0.15) is 16.4 Å². The summed E-state index contributed by atoms with van der Waals surface area (Å²) >= 11 is 1.45. The Morgan fingerprint density at radius 1 is 1.28 bits per heavy atom. The Hall–Kier alpha value is -3.33. The van der Waals surface area contributed by atoms with Gasteiger partial charge in [0.2, 0.25) is 5.91 Å². The Morgan fingerprint density at radius 2 is 2.06 bits per heavy atom. The number of hydrogen-bond acceptors (Lipinski definition) is 6. The van der Waals surface area contributed by atoms with Crippen LogP contribution in [0.15, 0.2) is 29.0 Å². The number of ether oxygens (including phenoxy) is 2. The van der Waals surface area contributed by atoms with Crippen LogP contribution in [0.1, 0.15) is 57.0 Å². The van der Waals surface area contributed by atoms with Crippen molar-refractivity contribution in [3.8, 4) is 28.4 Å². The van der Waals surface area contributed by atoms with Crippen molar-refractivity contribution in [1.82, 2.24) is 19.6 Å². The smallest absolute Gasteiger partial charge is 0.274 e. The second kappa shape index (κ2) is 10.7. The van der Waals surface area contributed by atoms with E-state index in [0.29, 0.717) is 49.7 Å². The van der Waals surface area contributed by atoms with E-state index in [1.54, 1.807) is 11.8 Å². The van der Waals surface area contributed by atoms with Crippen LogP contribution in [0.5, 0.6) is 11.5 Å². The standard InChI is InChI=1S/C27H34N4O4S/c1-17(2)12-19-13-21-24(14-23(19)34-6)35-15-22-25(28-31(26(21)22)20-8-11-36-16-20)27(33)30(5)10-7-9-29(4)18(3)32/h8,11,13-14,16-17H,7,9-10,12,15H2,1-6H3/i4D3,5D3. The van der Waals surface area contributed by atoms with Crippen LogP contribution < -0.4 is 9.47 Å². The number of hydrogen-bond donors (Lipinski definition) is 0. The molecule has 0 aliphatic carbocycles. The van der Waals surface area contributed by atoms with Gasteiger partial charge in [0, 0.05) is 64.8 Å². The number of benzene rings is 1. The van der Waals surface area contributed by atoms with Gasteiger partial charge >= 0.3 is 0 Å². The topological polar surface area (TPSA) is 76.9 Å². The van der Waals surface area contributed by atoms with Crippen LogP contribution in [-0.4, -0.2) is 65.5 Å². The summed E-state index contributed by atoms with van der Waals surface area (Å²) in [6, 6.07) is 5.65. The second-order valence-electron chi connectivity index (χ2n) is 9.10. The lowest BCUT2D eigenvalue weighted by Gasteiger charge is -2.23. The van der Waals surface area contributed by atoms with E-state index in [2.05, 4.69) is 18.9 Å². The highest BCUT2D eigenvalue weighted by Crippen LogP contribution is 2.44. The highest BCUT2D eigenvalue weighted by molar-refractivity contribution is 7.08. The number of amides is 2. The number of fused-ring (bicyclic) bond motifs is 3. The fourth-order valence-electron chi connectivity index (χ4n) is 4.22. The van der Waals surface area contributed by atoms with Gasteiger partial charge in [-0.3, -0.25) is 9.59 Å². The number of aromatic nitrogens is 2. The van der Waals surface area contributed by atoms with Crippen molar-refractivity contribution in [1.29, 1.82) is 0 Å². The average molecular weight is 517 g/mol. The van der Waals surface area contributed by atoms with Crippen LogP contribution in [0.25, 0.3) is 16.9 Å².